The minimum atomic E-state index is -4.19. The zero-order valence-electron chi connectivity index (χ0n) is 16.6. The maximum Gasteiger partial charge on any atom is 0.410 e. The Hall–Kier alpha value is -2.65. The van der Waals surface area contributed by atoms with E-state index in [4.69, 9.17) is 8.92 Å². The van der Waals surface area contributed by atoms with Crippen LogP contribution in [0.1, 0.15) is 32.4 Å². The number of hydrogen-bond donors (Lipinski definition) is 1. The minimum Gasteiger partial charge on any atom is -0.444 e. The molecular weight excluding hydrogens is 401 g/mol. The lowest BCUT2D eigenvalue weighted by Crippen LogP contribution is -2.36. The van der Waals surface area contributed by atoms with Gasteiger partial charge in [-0.05, 0) is 56.7 Å². The van der Waals surface area contributed by atoms with Crippen LogP contribution in [0.5, 0.6) is 5.75 Å². The third-order valence-electron chi connectivity index (χ3n) is 3.71. The van der Waals surface area contributed by atoms with Gasteiger partial charge in [-0.1, -0.05) is 18.2 Å². The maximum absolute atomic E-state index is 13.2. The van der Waals surface area contributed by atoms with Crippen molar-refractivity contribution in [3.05, 3.63) is 59.9 Å². The molecule has 0 spiro atoms. The lowest BCUT2D eigenvalue weighted by Gasteiger charge is -2.26. The normalized spacial score (nSPS) is 12.9. The molecule has 7 nitrogen and oxygen atoms in total. The van der Waals surface area contributed by atoms with E-state index in [2.05, 4.69) is 0 Å². The van der Waals surface area contributed by atoms with Gasteiger partial charge in [0.15, 0.2) is 0 Å². The van der Waals surface area contributed by atoms with Crippen molar-refractivity contribution in [1.82, 2.24) is 4.90 Å². The van der Waals surface area contributed by atoms with Crippen molar-refractivity contribution < 1.29 is 31.6 Å². The zero-order chi connectivity index (χ0) is 21.8. The van der Waals surface area contributed by atoms with Gasteiger partial charge in [-0.15, -0.1) is 0 Å². The molecule has 0 heterocycles. The topological polar surface area (TPSA) is 93.1 Å². The molecular formula is C20H24FNO6S. The molecule has 1 unspecified atom stereocenters. The summed E-state index contributed by atoms with van der Waals surface area (Å²) in [6.07, 6.45) is -1.58. The van der Waals surface area contributed by atoms with Gasteiger partial charge in [0.25, 0.3) is 0 Å². The van der Waals surface area contributed by atoms with Gasteiger partial charge in [-0.2, -0.15) is 8.42 Å². The zero-order valence-corrected chi connectivity index (χ0v) is 17.4. The number of halogens is 1. The number of carbonyl (C=O) groups is 1. The first-order valence-corrected chi connectivity index (χ1v) is 10.2. The average molecular weight is 425 g/mol. The molecule has 1 atom stereocenters. The molecule has 0 aromatic heterocycles. The molecule has 2 rings (SSSR count). The number of amides is 1. The molecule has 29 heavy (non-hydrogen) atoms. The fourth-order valence-corrected chi connectivity index (χ4v) is 3.28. The molecule has 2 aromatic carbocycles. The van der Waals surface area contributed by atoms with E-state index in [0.29, 0.717) is 5.56 Å². The molecule has 1 N–H and O–H groups in total. The Kier molecular flexibility index (Phi) is 6.86. The van der Waals surface area contributed by atoms with Crippen LogP contribution in [0.15, 0.2) is 53.4 Å². The highest BCUT2D eigenvalue weighted by atomic mass is 32.2. The van der Waals surface area contributed by atoms with E-state index in [9.17, 15) is 22.7 Å². The van der Waals surface area contributed by atoms with Crippen LogP contribution in [-0.4, -0.2) is 43.7 Å². The SMILES string of the molecule is CN(CC(O)c1ccc(OS(=O)(=O)c2cccc(F)c2)cc1)C(=O)OC(C)(C)C. The second kappa shape index (κ2) is 8.79. The van der Waals surface area contributed by atoms with E-state index in [1.165, 1.54) is 48.3 Å². The molecule has 0 aliphatic carbocycles. The van der Waals surface area contributed by atoms with Crippen LogP contribution >= 0.6 is 0 Å². The number of nitrogens with zero attached hydrogens (tertiary/aromatic N) is 1. The molecule has 0 fully saturated rings. The summed E-state index contributed by atoms with van der Waals surface area (Å²) in [5.74, 6) is -0.687. The summed E-state index contributed by atoms with van der Waals surface area (Å²) in [7, 11) is -2.69. The first kappa shape index (κ1) is 22.6. The summed E-state index contributed by atoms with van der Waals surface area (Å²) in [5, 5.41) is 10.3. The number of aliphatic hydroxyl groups excluding tert-OH is 1. The molecule has 9 heteroatoms. The molecule has 0 saturated heterocycles. The van der Waals surface area contributed by atoms with Crippen LogP contribution in [0.25, 0.3) is 0 Å². The standard InChI is InChI=1S/C20H24FNO6S/c1-20(2,3)27-19(24)22(4)13-18(23)14-8-10-16(11-9-14)28-29(25,26)17-7-5-6-15(21)12-17/h5-12,18,23H,13H2,1-4H3. The summed E-state index contributed by atoms with van der Waals surface area (Å²) >= 11 is 0. The number of likely N-dealkylation sites (N-methyl/N-ethyl adjacent to an activating group) is 1. The summed E-state index contributed by atoms with van der Waals surface area (Å²) in [6, 6.07) is 10.2. The Labute approximate surface area is 169 Å². The van der Waals surface area contributed by atoms with Gasteiger partial charge in [0, 0.05) is 7.05 Å². The van der Waals surface area contributed by atoms with Crippen LogP contribution < -0.4 is 4.18 Å². The predicted molar refractivity (Wildman–Crippen MR) is 104 cm³/mol. The summed E-state index contributed by atoms with van der Waals surface area (Å²) in [4.78, 5) is 12.9. The van der Waals surface area contributed by atoms with Crippen molar-refractivity contribution in [3.8, 4) is 5.75 Å². The van der Waals surface area contributed by atoms with E-state index in [1.807, 2.05) is 0 Å². The molecule has 1 amide bonds. The minimum absolute atomic E-state index is 0.00529. The largest absolute Gasteiger partial charge is 0.444 e. The monoisotopic (exact) mass is 425 g/mol. The predicted octanol–water partition coefficient (Wildman–Crippen LogP) is 3.49. The number of aliphatic hydroxyl groups is 1. The Balaban J connectivity index is 2.03. The number of benzene rings is 2. The molecule has 2 aromatic rings. The average Bonchev–Trinajstić information content (AvgIpc) is 2.60. The summed E-state index contributed by atoms with van der Waals surface area (Å²) in [5.41, 5.74) is -0.196. The van der Waals surface area contributed by atoms with Crippen molar-refractivity contribution in [3.63, 3.8) is 0 Å². The highest BCUT2D eigenvalue weighted by molar-refractivity contribution is 7.87. The van der Waals surface area contributed by atoms with Gasteiger partial charge in [-0.25, -0.2) is 9.18 Å². The van der Waals surface area contributed by atoms with E-state index >= 15 is 0 Å². The van der Waals surface area contributed by atoms with Crippen molar-refractivity contribution in [2.75, 3.05) is 13.6 Å². The van der Waals surface area contributed by atoms with Gasteiger partial charge in [0.05, 0.1) is 12.6 Å². The second-order valence-electron chi connectivity index (χ2n) is 7.44. The van der Waals surface area contributed by atoms with Crippen molar-refractivity contribution in [2.45, 2.75) is 37.4 Å². The molecule has 0 bridgehead atoms. The van der Waals surface area contributed by atoms with Crippen LogP contribution in [-0.2, 0) is 14.9 Å². The Bertz CT molecular complexity index is 954. The fraction of sp³-hybridized carbons (Fsp3) is 0.350. The second-order valence-corrected chi connectivity index (χ2v) is 8.99. The van der Waals surface area contributed by atoms with Gasteiger partial charge < -0.3 is 18.9 Å². The van der Waals surface area contributed by atoms with E-state index in [-0.39, 0.29) is 17.2 Å². The lowest BCUT2D eigenvalue weighted by atomic mass is 10.1. The maximum atomic E-state index is 13.2. The van der Waals surface area contributed by atoms with Gasteiger partial charge in [-0.3, -0.25) is 0 Å². The highest BCUT2D eigenvalue weighted by Gasteiger charge is 2.22. The molecule has 0 saturated carbocycles. The third kappa shape index (κ3) is 6.72. The molecule has 0 aliphatic heterocycles. The van der Waals surface area contributed by atoms with Gasteiger partial charge in [0.1, 0.15) is 22.1 Å². The number of hydrogen-bond acceptors (Lipinski definition) is 6. The van der Waals surface area contributed by atoms with Gasteiger partial charge >= 0.3 is 16.2 Å². The first-order valence-electron chi connectivity index (χ1n) is 8.79. The van der Waals surface area contributed by atoms with Crippen molar-refractivity contribution in [1.29, 1.82) is 0 Å². The summed E-state index contributed by atoms with van der Waals surface area (Å²) < 4.78 is 47.9. The van der Waals surface area contributed by atoms with Crippen LogP contribution in [0, 0.1) is 5.82 Å². The van der Waals surface area contributed by atoms with Crippen LogP contribution in [0.4, 0.5) is 9.18 Å². The van der Waals surface area contributed by atoms with E-state index < -0.39 is 33.7 Å². The fourth-order valence-electron chi connectivity index (χ4n) is 2.32. The molecule has 0 aliphatic rings. The Morgan fingerprint density at radius 2 is 1.79 bits per heavy atom. The lowest BCUT2D eigenvalue weighted by molar-refractivity contribution is 0.0205. The quantitative estimate of drug-likeness (QED) is 0.712. The number of ether oxygens (including phenoxy) is 1. The molecule has 0 radical (unpaired) electrons. The van der Waals surface area contributed by atoms with Crippen molar-refractivity contribution >= 4 is 16.2 Å². The molecule has 158 valence electrons. The van der Waals surface area contributed by atoms with E-state index in [0.717, 1.165) is 12.1 Å². The number of carbonyl (C=O) groups excluding carboxylic acids is 1. The van der Waals surface area contributed by atoms with Crippen molar-refractivity contribution in [2.24, 2.45) is 0 Å². The summed E-state index contributed by atoms with van der Waals surface area (Å²) in [6.45, 7) is 5.21. The smallest absolute Gasteiger partial charge is 0.410 e. The Morgan fingerprint density at radius 3 is 2.34 bits per heavy atom. The van der Waals surface area contributed by atoms with E-state index in [1.54, 1.807) is 20.8 Å². The third-order valence-corrected chi connectivity index (χ3v) is 4.95. The van der Waals surface area contributed by atoms with Gasteiger partial charge in [0.2, 0.25) is 0 Å². The first-order chi connectivity index (χ1) is 13.4. The van der Waals surface area contributed by atoms with Crippen LogP contribution in [0.3, 0.4) is 0 Å². The Morgan fingerprint density at radius 1 is 1.17 bits per heavy atom. The highest BCUT2D eigenvalue weighted by Crippen LogP contribution is 2.23. The van der Waals surface area contributed by atoms with Crippen LogP contribution in [0.2, 0.25) is 0 Å². The number of rotatable bonds is 6.